The quantitative estimate of drug-likeness (QED) is 0.634. The number of benzene rings is 2. The molecule has 2 aromatic carbocycles. The lowest BCUT2D eigenvalue weighted by Crippen LogP contribution is -2.42. The number of halogens is 3. The van der Waals surface area contributed by atoms with Crippen LogP contribution in [-0.2, 0) is 23.2 Å². The van der Waals surface area contributed by atoms with Gasteiger partial charge in [-0.2, -0.15) is 0 Å². The summed E-state index contributed by atoms with van der Waals surface area (Å²) in [5, 5.41) is 10.3. The maximum atomic E-state index is 14.0. The lowest BCUT2D eigenvalue weighted by molar-refractivity contribution is -0.141. The van der Waals surface area contributed by atoms with E-state index in [-0.39, 0.29) is 30.9 Å². The molecule has 2 aliphatic rings. The Morgan fingerprint density at radius 1 is 1.15 bits per heavy atom. The number of carbonyl (C=O) groups excluding carboxylic acids is 1. The second kappa shape index (κ2) is 7.84. The average molecular weight is 455 g/mol. The fraction of sp³-hybridized carbons (Fsp3) is 0.292. The maximum absolute atomic E-state index is 14.0. The average Bonchev–Trinajstić information content (AvgIpc) is 3.62. The van der Waals surface area contributed by atoms with Gasteiger partial charge in [-0.3, -0.25) is 9.59 Å². The standard InChI is InChI=1S/C24H20F3N3O3/c25-14-4-1-3-13(11-14)24(8-9-24)23-28-18-7-10-30(12-16(18)21(32)29-23)22(33)20(31)15-5-2-6-17(26)19(15)27/h1-6,11,20,31H,7-10,12H2,(H,28,29,32)/t20-/m0/s1. The van der Waals surface area contributed by atoms with Gasteiger partial charge in [0.05, 0.1) is 23.2 Å². The van der Waals surface area contributed by atoms with Gasteiger partial charge in [-0.1, -0.05) is 24.3 Å². The van der Waals surface area contributed by atoms with Crippen molar-refractivity contribution in [3.63, 3.8) is 0 Å². The summed E-state index contributed by atoms with van der Waals surface area (Å²) < 4.78 is 41.3. The number of H-pyrrole nitrogens is 1. The first kappa shape index (κ1) is 21.4. The summed E-state index contributed by atoms with van der Waals surface area (Å²) >= 11 is 0. The van der Waals surface area contributed by atoms with Crippen LogP contribution in [0.5, 0.6) is 0 Å². The van der Waals surface area contributed by atoms with Gasteiger partial charge in [0.1, 0.15) is 11.6 Å². The summed E-state index contributed by atoms with van der Waals surface area (Å²) in [6.07, 6.45) is -0.172. The van der Waals surface area contributed by atoms with Crippen molar-refractivity contribution < 1.29 is 23.1 Å². The molecule has 1 aromatic heterocycles. The van der Waals surface area contributed by atoms with Crippen molar-refractivity contribution in [3.8, 4) is 0 Å². The fourth-order valence-corrected chi connectivity index (χ4v) is 4.45. The van der Waals surface area contributed by atoms with E-state index in [4.69, 9.17) is 0 Å². The Bertz CT molecular complexity index is 1320. The second-order valence-electron chi connectivity index (χ2n) is 8.49. The third kappa shape index (κ3) is 3.62. The molecule has 3 aromatic rings. The largest absolute Gasteiger partial charge is 0.378 e. The van der Waals surface area contributed by atoms with Crippen LogP contribution in [0.4, 0.5) is 13.2 Å². The van der Waals surface area contributed by atoms with Gasteiger partial charge in [-0.25, -0.2) is 18.2 Å². The molecule has 1 aliphatic carbocycles. The number of nitrogens with zero attached hydrogens (tertiary/aromatic N) is 2. The number of aromatic nitrogens is 2. The Morgan fingerprint density at radius 2 is 1.91 bits per heavy atom. The first-order valence-electron chi connectivity index (χ1n) is 10.6. The number of nitrogens with one attached hydrogen (secondary N) is 1. The van der Waals surface area contributed by atoms with Crippen molar-refractivity contribution in [1.82, 2.24) is 14.9 Å². The van der Waals surface area contributed by atoms with Gasteiger partial charge >= 0.3 is 0 Å². The molecule has 2 N–H and O–H groups in total. The lowest BCUT2D eigenvalue weighted by atomic mass is 9.94. The first-order valence-corrected chi connectivity index (χ1v) is 10.6. The molecule has 6 nitrogen and oxygen atoms in total. The number of hydrogen-bond acceptors (Lipinski definition) is 4. The normalized spacial score (nSPS) is 17.4. The van der Waals surface area contributed by atoms with Crippen molar-refractivity contribution in [2.75, 3.05) is 6.54 Å². The Kier molecular flexibility index (Phi) is 5.08. The molecule has 0 saturated heterocycles. The maximum Gasteiger partial charge on any atom is 0.256 e. The minimum atomic E-state index is -1.89. The van der Waals surface area contributed by atoms with Gasteiger partial charge < -0.3 is 15.0 Å². The molecule has 2 heterocycles. The van der Waals surface area contributed by atoms with Crippen LogP contribution in [0.15, 0.2) is 47.3 Å². The van der Waals surface area contributed by atoms with Crippen LogP contribution in [-0.4, -0.2) is 32.4 Å². The molecule has 1 saturated carbocycles. The number of aliphatic hydroxyl groups excluding tert-OH is 1. The van der Waals surface area contributed by atoms with E-state index in [2.05, 4.69) is 9.97 Å². The minimum Gasteiger partial charge on any atom is -0.378 e. The second-order valence-corrected chi connectivity index (χ2v) is 8.49. The molecule has 1 amide bonds. The van der Waals surface area contributed by atoms with Crippen molar-refractivity contribution in [2.45, 2.75) is 37.3 Å². The van der Waals surface area contributed by atoms with Crippen LogP contribution in [0, 0.1) is 17.5 Å². The van der Waals surface area contributed by atoms with E-state index in [1.54, 1.807) is 6.07 Å². The van der Waals surface area contributed by atoms with Crippen LogP contribution < -0.4 is 5.56 Å². The van der Waals surface area contributed by atoms with Gasteiger partial charge in [0.25, 0.3) is 11.5 Å². The smallest absolute Gasteiger partial charge is 0.256 e. The molecule has 1 aliphatic heterocycles. The summed E-state index contributed by atoms with van der Waals surface area (Å²) in [5.41, 5.74) is 0.153. The van der Waals surface area contributed by atoms with E-state index < -0.39 is 40.2 Å². The summed E-state index contributed by atoms with van der Waals surface area (Å²) in [6.45, 7) is 0.0421. The Labute approximate surface area is 186 Å². The minimum absolute atomic E-state index is 0.113. The number of aliphatic hydroxyl groups is 1. The summed E-state index contributed by atoms with van der Waals surface area (Å²) in [5.74, 6) is -3.16. The van der Waals surface area contributed by atoms with Crippen LogP contribution in [0.2, 0.25) is 0 Å². The van der Waals surface area contributed by atoms with Gasteiger partial charge in [0.15, 0.2) is 17.7 Å². The highest BCUT2D eigenvalue weighted by atomic mass is 19.2. The van der Waals surface area contributed by atoms with Gasteiger partial charge in [-0.15, -0.1) is 0 Å². The highest BCUT2D eigenvalue weighted by molar-refractivity contribution is 5.82. The van der Waals surface area contributed by atoms with Gasteiger partial charge in [-0.05, 0) is 36.6 Å². The van der Waals surface area contributed by atoms with E-state index in [9.17, 15) is 27.9 Å². The van der Waals surface area contributed by atoms with Crippen LogP contribution in [0.1, 0.15) is 47.2 Å². The molecule has 0 bridgehead atoms. The SMILES string of the molecule is O=C([C@@H](O)c1cccc(F)c1F)N1CCc2nc(C3(c4cccc(F)c4)CC3)[nH]c(=O)c2C1. The molecular weight excluding hydrogens is 435 g/mol. The highest BCUT2D eigenvalue weighted by Gasteiger charge is 2.49. The van der Waals surface area contributed by atoms with Crippen molar-refractivity contribution in [1.29, 1.82) is 0 Å². The predicted octanol–water partition coefficient (Wildman–Crippen LogP) is 2.89. The molecular formula is C24H20F3N3O3. The van der Waals surface area contributed by atoms with E-state index in [1.165, 1.54) is 23.1 Å². The molecule has 0 spiro atoms. The number of aromatic amines is 1. The number of hydrogen-bond donors (Lipinski definition) is 2. The molecule has 9 heteroatoms. The zero-order valence-corrected chi connectivity index (χ0v) is 17.4. The molecule has 1 fully saturated rings. The highest BCUT2D eigenvalue weighted by Crippen LogP contribution is 2.52. The van der Waals surface area contributed by atoms with Crippen LogP contribution >= 0.6 is 0 Å². The molecule has 33 heavy (non-hydrogen) atoms. The molecule has 1 atom stereocenters. The number of carbonyl (C=O) groups is 1. The van der Waals surface area contributed by atoms with Crippen molar-refractivity contribution in [2.24, 2.45) is 0 Å². The number of amides is 1. The van der Waals surface area contributed by atoms with Crippen molar-refractivity contribution in [3.05, 3.63) is 98.5 Å². The lowest BCUT2D eigenvalue weighted by Gasteiger charge is -2.30. The monoisotopic (exact) mass is 455 g/mol. The van der Waals surface area contributed by atoms with Crippen LogP contribution in [0.3, 0.4) is 0 Å². The zero-order chi connectivity index (χ0) is 23.3. The third-order valence-corrected chi connectivity index (χ3v) is 6.47. The first-order chi connectivity index (χ1) is 15.8. The van der Waals surface area contributed by atoms with Gasteiger partial charge in [0.2, 0.25) is 0 Å². The predicted molar refractivity (Wildman–Crippen MR) is 112 cm³/mol. The Morgan fingerprint density at radius 3 is 2.64 bits per heavy atom. The molecule has 170 valence electrons. The molecule has 0 radical (unpaired) electrons. The Hall–Kier alpha value is -3.46. The number of rotatable bonds is 4. The molecule has 0 unspecified atom stereocenters. The zero-order valence-electron chi connectivity index (χ0n) is 17.4. The van der Waals surface area contributed by atoms with E-state index in [0.717, 1.165) is 30.5 Å². The van der Waals surface area contributed by atoms with E-state index in [0.29, 0.717) is 11.5 Å². The molecule has 5 rings (SSSR count). The van der Waals surface area contributed by atoms with Gasteiger partial charge in [0, 0.05) is 18.5 Å². The fourth-order valence-electron chi connectivity index (χ4n) is 4.45. The topological polar surface area (TPSA) is 86.3 Å². The summed E-state index contributed by atoms with van der Waals surface area (Å²) in [7, 11) is 0. The summed E-state index contributed by atoms with van der Waals surface area (Å²) in [6, 6.07) is 9.48. The van der Waals surface area contributed by atoms with Crippen LogP contribution in [0.25, 0.3) is 0 Å². The Balaban J connectivity index is 1.41. The van der Waals surface area contributed by atoms with E-state index >= 15 is 0 Å². The van der Waals surface area contributed by atoms with Crippen molar-refractivity contribution >= 4 is 5.91 Å². The summed E-state index contributed by atoms with van der Waals surface area (Å²) in [4.78, 5) is 34.3. The van der Waals surface area contributed by atoms with E-state index in [1.807, 2.05) is 6.07 Å². The third-order valence-electron chi connectivity index (χ3n) is 6.47. The number of fused-ring (bicyclic) bond motifs is 1.